The first kappa shape index (κ1) is 15.8. The van der Waals surface area contributed by atoms with Crippen molar-refractivity contribution < 1.29 is 0 Å². The van der Waals surface area contributed by atoms with Crippen LogP contribution in [0.4, 0.5) is 0 Å². The second kappa shape index (κ2) is 6.90. The normalized spacial score (nSPS) is 21.6. The number of hydrogen-bond acceptors (Lipinski definition) is 3. The number of piperidine rings is 1. The zero-order valence-corrected chi connectivity index (χ0v) is 13.6. The Morgan fingerprint density at radius 2 is 2.20 bits per heavy atom. The molecule has 1 saturated heterocycles. The van der Waals surface area contributed by atoms with Crippen LogP contribution < -0.4 is 5.73 Å². The van der Waals surface area contributed by atoms with E-state index in [0.29, 0.717) is 12.0 Å². The SMILES string of the molecule is CC(N)C1CCCN(Cc2csc3ccccc23)C1.Cl. The second-order valence-electron chi connectivity index (χ2n) is 5.75. The highest BCUT2D eigenvalue weighted by atomic mass is 35.5. The highest BCUT2D eigenvalue weighted by molar-refractivity contribution is 7.17. The second-order valence-corrected chi connectivity index (χ2v) is 6.66. The molecule has 2 nitrogen and oxygen atoms in total. The number of rotatable bonds is 3. The van der Waals surface area contributed by atoms with Crippen LogP contribution in [-0.2, 0) is 6.54 Å². The molecule has 2 atom stereocenters. The van der Waals surface area contributed by atoms with Crippen molar-refractivity contribution in [1.82, 2.24) is 4.90 Å². The fourth-order valence-electron chi connectivity index (χ4n) is 3.06. The van der Waals surface area contributed by atoms with E-state index in [1.807, 2.05) is 11.3 Å². The van der Waals surface area contributed by atoms with E-state index in [1.165, 1.54) is 35.0 Å². The van der Waals surface area contributed by atoms with Gasteiger partial charge in [0.2, 0.25) is 0 Å². The summed E-state index contributed by atoms with van der Waals surface area (Å²) in [5.41, 5.74) is 7.55. The Hall–Kier alpha value is -0.610. The van der Waals surface area contributed by atoms with Crippen molar-refractivity contribution >= 4 is 33.8 Å². The lowest BCUT2D eigenvalue weighted by Crippen LogP contribution is -2.41. The third-order valence-electron chi connectivity index (χ3n) is 4.24. The summed E-state index contributed by atoms with van der Waals surface area (Å²) in [7, 11) is 0. The molecule has 0 bridgehead atoms. The summed E-state index contributed by atoms with van der Waals surface area (Å²) in [5, 5.41) is 3.75. The van der Waals surface area contributed by atoms with Crippen LogP contribution in [0.15, 0.2) is 29.6 Å². The maximum Gasteiger partial charge on any atom is 0.0346 e. The Bertz CT molecular complexity index is 552. The maximum absolute atomic E-state index is 6.07. The number of hydrogen-bond donors (Lipinski definition) is 1. The van der Waals surface area contributed by atoms with E-state index in [2.05, 4.69) is 41.5 Å². The highest BCUT2D eigenvalue weighted by Gasteiger charge is 2.23. The summed E-state index contributed by atoms with van der Waals surface area (Å²) < 4.78 is 1.40. The van der Waals surface area contributed by atoms with Crippen molar-refractivity contribution in [1.29, 1.82) is 0 Å². The van der Waals surface area contributed by atoms with Crippen LogP contribution in [0.2, 0.25) is 0 Å². The van der Waals surface area contributed by atoms with Crippen molar-refractivity contribution in [2.75, 3.05) is 13.1 Å². The molecule has 4 heteroatoms. The average Bonchev–Trinajstić information content (AvgIpc) is 2.83. The molecule has 1 aliphatic rings. The third-order valence-corrected chi connectivity index (χ3v) is 5.25. The van der Waals surface area contributed by atoms with Crippen molar-refractivity contribution in [3.8, 4) is 0 Å². The smallest absolute Gasteiger partial charge is 0.0346 e. The summed E-state index contributed by atoms with van der Waals surface area (Å²) in [6.45, 7) is 5.59. The molecule has 2 aromatic rings. The van der Waals surface area contributed by atoms with Gasteiger partial charge in [0.1, 0.15) is 0 Å². The average molecular weight is 311 g/mol. The van der Waals surface area contributed by atoms with Gasteiger partial charge in [-0.05, 0) is 54.6 Å². The number of nitrogens with two attached hydrogens (primary N) is 1. The first-order chi connectivity index (χ1) is 9.24. The number of benzene rings is 1. The lowest BCUT2D eigenvalue weighted by atomic mass is 9.92. The largest absolute Gasteiger partial charge is 0.328 e. The summed E-state index contributed by atoms with van der Waals surface area (Å²) in [5.74, 6) is 0.665. The van der Waals surface area contributed by atoms with Gasteiger partial charge in [0.05, 0.1) is 0 Å². The molecule has 0 radical (unpaired) electrons. The molecule has 1 aliphatic heterocycles. The van der Waals surface area contributed by atoms with Crippen LogP contribution in [0.5, 0.6) is 0 Å². The van der Waals surface area contributed by atoms with Crippen molar-refractivity contribution in [3.63, 3.8) is 0 Å². The molecule has 0 aliphatic carbocycles. The monoisotopic (exact) mass is 310 g/mol. The van der Waals surface area contributed by atoms with Crippen LogP contribution in [0.25, 0.3) is 10.1 Å². The molecular weight excluding hydrogens is 288 g/mol. The minimum absolute atomic E-state index is 0. The molecule has 0 amide bonds. The minimum atomic E-state index is 0. The Labute approximate surface area is 131 Å². The molecule has 1 aromatic heterocycles. The van der Waals surface area contributed by atoms with Crippen LogP contribution in [0, 0.1) is 5.92 Å². The van der Waals surface area contributed by atoms with E-state index >= 15 is 0 Å². The quantitative estimate of drug-likeness (QED) is 0.932. The summed E-state index contributed by atoms with van der Waals surface area (Å²) in [4.78, 5) is 2.58. The molecular formula is C16H23ClN2S. The number of fused-ring (bicyclic) bond motifs is 1. The summed E-state index contributed by atoms with van der Waals surface area (Å²) in [6, 6.07) is 9.04. The Morgan fingerprint density at radius 3 is 3.00 bits per heavy atom. The van der Waals surface area contributed by atoms with Gasteiger partial charge < -0.3 is 5.73 Å². The molecule has 1 fully saturated rings. The molecule has 2 N–H and O–H groups in total. The van der Waals surface area contributed by atoms with E-state index in [-0.39, 0.29) is 12.4 Å². The highest BCUT2D eigenvalue weighted by Crippen LogP contribution is 2.28. The van der Waals surface area contributed by atoms with Gasteiger partial charge in [0.15, 0.2) is 0 Å². The van der Waals surface area contributed by atoms with Crippen molar-refractivity contribution in [2.45, 2.75) is 32.4 Å². The van der Waals surface area contributed by atoms with Crippen LogP contribution in [0.3, 0.4) is 0 Å². The van der Waals surface area contributed by atoms with Crippen LogP contribution in [0.1, 0.15) is 25.3 Å². The van der Waals surface area contributed by atoms with E-state index in [9.17, 15) is 0 Å². The summed E-state index contributed by atoms with van der Waals surface area (Å²) >= 11 is 1.86. The van der Waals surface area contributed by atoms with E-state index in [0.717, 1.165) is 13.1 Å². The molecule has 3 rings (SSSR count). The molecule has 0 saturated carbocycles. The molecule has 1 aromatic carbocycles. The molecule has 2 heterocycles. The van der Waals surface area contributed by atoms with Gasteiger partial charge in [-0.3, -0.25) is 4.90 Å². The lowest BCUT2D eigenvalue weighted by Gasteiger charge is -2.34. The van der Waals surface area contributed by atoms with Gasteiger partial charge in [-0.2, -0.15) is 0 Å². The molecule has 110 valence electrons. The first-order valence-corrected chi connectivity index (χ1v) is 8.05. The number of halogens is 1. The predicted molar refractivity (Wildman–Crippen MR) is 90.7 cm³/mol. The Morgan fingerprint density at radius 1 is 1.40 bits per heavy atom. The van der Waals surface area contributed by atoms with Gasteiger partial charge in [0, 0.05) is 23.8 Å². The lowest BCUT2D eigenvalue weighted by molar-refractivity contribution is 0.155. The zero-order chi connectivity index (χ0) is 13.2. The molecule has 20 heavy (non-hydrogen) atoms. The summed E-state index contributed by atoms with van der Waals surface area (Å²) in [6.07, 6.45) is 2.58. The van der Waals surface area contributed by atoms with E-state index in [1.54, 1.807) is 0 Å². The molecule has 2 unspecified atom stereocenters. The maximum atomic E-state index is 6.07. The van der Waals surface area contributed by atoms with Gasteiger partial charge in [0.25, 0.3) is 0 Å². The van der Waals surface area contributed by atoms with E-state index in [4.69, 9.17) is 5.73 Å². The molecule has 0 spiro atoms. The third kappa shape index (κ3) is 3.34. The van der Waals surface area contributed by atoms with Gasteiger partial charge in [-0.1, -0.05) is 18.2 Å². The topological polar surface area (TPSA) is 29.3 Å². The Kier molecular flexibility index (Phi) is 5.44. The number of thiophene rings is 1. The van der Waals surface area contributed by atoms with Crippen molar-refractivity contribution in [2.24, 2.45) is 11.7 Å². The van der Waals surface area contributed by atoms with Gasteiger partial charge in [-0.15, -0.1) is 23.7 Å². The number of nitrogens with zero attached hydrogens (tertiary/aromatic N) is 1. The van der Waals surface area contributed by atoms with Crippen LogP contribution >= 0.6 is 23.7 Å². The Balaban J connectivity index is 0.00000147. The zero-order valence-electron chi connectivity index (χ0n) is 11.9. The standard InChI is InChI=1S/C16H22N2S.ClH/c1-12(17)13-5-4-8-18(9-13)10-14-11-19-16-7-3-2-6-15(14)16;/h2-3,6-7,11-13H,4-5,8-10,17H2,1H3;1H. The fourth-order valence-corrected chi connectivity index (χ4v) is 4.01. The van der Waals surface area contributed by atoms with Gasteiger partial charge >= 0.3 is 0 Å². The van der Waals surface area contributed by atoms with E-state index < -0.39 is 0 Å². The van der Waals surface area contributed by atoms with Crippen molar-refractivity contribution in [3.05, 3.63) is 35.2 Å². The first-order valence-electron chi connectivity index (χ1n) is 7.17. The number of likely N-dealkylation sites (tertiary alicyclic amines) is 1. The van der Waals surface area contributed by atoms with Gasteiger partial charge in [-0.25, -0.2) is 0 Å². The van der Waals surface area contributed by atoms with Crippen LogP contribution in [-0.4, -0.2) is 24.0 Å². The minimum Gasteiger partial charge on any atom is -0.328 e. The predicted octanol–water partition coefficient (Wildman–Crippen LogP) is 3.88. The fraction of sp³-hybridized carbons (Fsp3) is 0.500.